The lowest BCUT2D eigenvalue weighted by molar-refractivity contribution is 0.0977. The molecule has 21 heavy (non-hydrogen) atoms. The van der Waals surface area contributed by atoms with Crippen LogP contribution in [0.1, 0.15) is 10.4 Å². The normalized spacial score (nSPS) is 12.0. The van der Waals surface area contributed by atoms with Crippen molar-refractivity contribution >= 4 is 29.2 Å². The number of aromatic nitrogens is 4. The number of nitrogens with zero attached hydrogens (tertiary/aromatic N) is 4. The molecular formula is C11H10N6O3S. The van der Waals surface area contributed by atoms with Gasteiger partial charge >= 0.3 is 0 Å². The quantitative estimate of drug-likeness (QED) is 0.751. The van der Waals surface area contributed by atoms with Gasteiger partial charge < -0.3 is 9.47 Å². The standard InChI is InChI=1S/C11H10N6O3S/c1-17-15-10(14-16-17)13-11(21)12-9(18)6-2-3-7-8(4-6)20-5-19-7/h2-4H,5H2,1H3,(H2,12,13,15,18,21). The first kappa shape index (κ1) is 13.2. The second-order valence-corrected chi connectivity index (χ2v) is 4.49. The van der Waals surface area contributed by atoms with Crippen LogP contribution in [0.15, 0.2) is 18.2 Å². The molecule has 0 radical (unpaired) electrons. The lowest BCUT2D eigenvalue weighted by Gasteiger charge is -2.07. The zero-order valence-electron chi connectivity index (χ0n) is 10.9. The van der Waals surface area contributed by atoms with Gasteiger partial charge in [0.25, 0.3) is 11.9 Å². The van der Waals surface area contributed by atoms with Gasteiger partial charge in [-0.1, -0.05) is 5.10 Å². The number of rotatable bonds is 2. The summed E-state index contributed by atoms with van der Waals surface area (Å²) < 4.78 is 10.4. The van der Waals surface area contributed by atoms with Gasteiger partial charge in [-0.15, -0.1) is 5.10 Å². The van der Waals surface area contributed by atoms with E-state index >= 15 is 0 Å². The van der Waals surface area contributed by atoms with Gasteiger partial charge in [-0.2, -0.15) is 4.80 Å². The first-order valence-corrected chi connectivity index (χ1v) is 6.28. The highest BCUT2D eigenvalue weighted by atomic mass is 32.1. The molecule has 3 rings (SSSR count). The Kier molecular flexibility index (Phi) is 3.36. The van der Waals surface area contributed by atoms with Crippen molar-refractivity contribution in [2.24, 2.45) is 7.05 Å². The number of tetrazole rings is 1. The fourth-order valence-corrected chi connectivity index (χ4v) is 1.86. The molecule has 2 N–H and O–H groups in total. The number of aryl methyl sites for hydroxylation is 1. The third-order valence-corrected chi connectivity index (χ3v) is 2.80. The molecule has 1 amide bonds. The Bertz CT molecular complexity index is 716. The Balaban J connectivity index is 1.64. The smallest absolute Gasteiger partial charge is 0.269 e. The average molecular weight is 306 g/mol. The second-order valence-electron chi connectivity index (χ2n) is 4.08. The summed E-state index contributed by atoms with van der Waals surface area (Å²) in [5.74, 6) is 0.955. The van der Waals surface area contributed by atoms with Crippen molar-refractivity contribution in [3.05, 3.63) is 23.8 Å². The Labute approximate surface area is 124 Å². The fourth-order valence-electron chi connectivity index (χ4n) is 1.68. The molecule has 2 heterocycles. The number of hydrogen-bond acceptors (Lipinski definition) is 7. The maximum atomic E-state index is 12.1. The summed E-state index contributed by atoms with van der Waals surface area (Å²) in [5.41, 5.74) is 0.399. The van der Waals surface area contributed by atoms with Crippen LogP contribution >= 0.6 is 12.2 Å². The van der Waals surface area contributed by atoms with Gasteiger partial charge in [0, 0.05) is 5.56 Å². The first-order valence-electron chi connectivity index (χ1n) is 5.88. The van der Waals surface area contributed by atoms with E-state index in [0.29, 0.717) is 17.1 Å². The molecule has 108 valence electrons. The molecule has 0 bridgehead atoms. The van der Waals surface area contributed by atoms with E-state index in [4.69, 9.17) is 21.7 Å². The van der Waals surface area contributed by atoms with Crippen LogP contribution in [0.25, 0.3) is 0 Å². The lowest BCUT2D eigenvalue weighted by atomic mass is 10.2. The molecule has 1 aromatic heterocycles. The molecule has 1 aliphatic heterocycles. The van der Waals surface area contributed by atoms with Crippen LogP contribution in [0.2, 0.25) is 0 Å². The first-order chi connectivity index (χ1) is 10.1. The molecular weight excluding hydrogens is 296 g/mol. The molecule has 9 nitrogen and oxygen atoms in total. The zero-order chi connectivity index (χ0) is 14.8. The molecule has 1 aliphatic rings. The van der Waals surface area contributed by atoms with E-state index in [1.807, 2.05) is 0 Å². The predicted octanol–water partition coefficient (Wildman–Crippen LogP) is 0.0656. The van der Waals surface area contributed by atoms with Gasteiger partial charge in [0.1, 0.15) is 0 Å². The molecule has 0 saturated carbocycles. The third-order valence-electron chi connectivity index (χ3n) is 2.60. The monoisotopic (exact) mass is 306 g/mol. The predicted molar refractivity (Wildman–Crippen MR) is 75.0 cm³/mol. The van der Waals surface area contributed by atoms with Gasteiger partial charge in [0.2, 0.25) is 6.79 Å². The molecule has 2 aromatic rings. The maximum Gasteiger partial charge on any atom is 0.269 e. The van der Waals surface area contributed by atoms with Gasteiger partial charge in [-0.25, -0.2) is 0 Å². The highest BCUT2D eigenvalue weighted by Gasteiger charge is 2.17. The fraction of sp³-hybridized carbons (Fsp3) is 0.182. The number of amides is 1. The molecule has 0 fully saturated rings. The van der Waals surface area contributed by atoms with E-state index in [2.05, 4.69) is 26.0 Å². The summed E-state index contributed by atoms with van der Waals surface area (Å²) >= 11 is 5.00. The van der Waals surface area contributed by atoms with Crippen molar-refractivity contribution in [1.82, 2.24) is 25.5 Å². The van der Waals surface area contributed by atoms with Crippen LogP contribution in [-0.2, 0) is 7.05 Å². The van der Waals surface area contributed by atoms with E-state index < -0.39 is 0 Å². The van der Waals surface area contributed by atoms with Crippen molar-refractivity contribution in [3.8, 4) is 11.5 Å². The number of fused-ring (bicyclic) bond motifs is 1. The van der Waals surface area contributed by atoms with Crippen molar-refractivity contribution in [2.75, 3.05) is 12.1 Å². The number of benzene rings is 1. The second kappa shape index (κ2) is 5.32. The van der Waals surface area contributed by atoms with Gasteiger partial charge in [0.15, 0.2) is 16.6 Å². The van der Waals surface area contributed by atoms with Crippen molar-refractivity contribution in [1.29, 1.82) is 0 Å². The summed E-state index contributed by atoms with van der Waals surface area (Å²) in [6.45, 7) is 0.152. The van der Waals surface area contributed by atoms with Crippen molar-refractivity contribution < 1.29 is 14.3 Å². The summed E-state index contributed by atoms with van der Waals surface area (Å²) in [5, 5.41) is 16.5. The molecule has 1 aromatic carbocycles. The number of nitrogens with one attached hydrogen (secondary N) is 2. The van der Waals surface area contributed by atoms with Crippen LogP contribution in [-0.4, -0.2) is 38.0 Å². The van der Waals surface area contributed by atoms with E-state index in [0.717, 1.165) is 0 Å². The van der Waals surface area contributed by atoms with Crippen LogP contribution in [0.4, 0.5) is 5.95 Å². The summed E-state index contributed by atoms with van der Waals surface area (Å²) in [4.78, 5) is 13.3. The minimum Gasteiger partial charge on any atom is -0.454 e. The largest absolute Gasteiger partial charge is 0.454 e. The van der Waals surface area contributed by atoms with E-state index in [-0.39, 0.29) is 23.8 Å². The van der Waals surface area contributed by atoms with Crippen LogP contribution in [0.5, 0.6) is 11.5 Å². The van der Waals surface area contributed by atoms with E-state index in [9.17, 15) is 4.79 Å². The zero-order valence-corrected chi connectivity index (χ0v) is 11.7. The number of carbonyl (C=O) groups is 1. The van der Waals surface area contributed by atoms with Crippen LogP contribution in [0, 0.1) is 0 Å². The third kappa shape index (κ3) is 2.89. The van der Waals surface area contributed by atoms with Gasteiger partial charge in [-0.05, 0) is 35.6 Å². The Morgan fingerprint density at radius 2 is 2.19 bits per heavy atom. The summed E-state index contributed by atoms with van der Waals surface area (Å²) in [6, 6.07) is 4.87. The summed E-state index contributed by atoms with van der Waals surface area (Å²) in [7, 11) is 1.62. The number of anilines is 1. The highest BCUT2D eigenvalue weighted by Crippen LogP contribution is 2.32. The van der Waals surface area contributed by atoms with Crippen molar-refractivity contribution in [2.45, 2.75) is 0 Å². The van der Waals surface area contributed by atoms with Gasteiger partial charge in [0.05, 0.1) is 7.05 Å². The molecule has 0 unspecified atom stereocenters. The number of ether oxygens (including phenoxy) is 2. The van der Waals surface area contributed by atoms with Crippen LogP contribution in [0.3, 0.4) is 0 Å². The molecule has 0 atom stereocenters. The maximum absolute atomic E-state index is 12.1. The Morgan fingerprint density at radius 1 is 1.38 bits per heavy atom. The van der Waals surface area contributed by atoms with E-state index in [1.165, 1.54) is 4.80 Å². The van der Waals surface area contributed by atoms with Gasteiger partial charge in [-0.3, -0.25) is 15.4 Å². The SMILES string of the molecule is Cn1nnc(NC(=S)NC(=O)c2ccc3c(c2)OCO3)n1. The minimum absolute atomic E-state index is 0.0747. The molecule has 10 heteroatoms. The Morgan fingerprint density at radius 3 is 2.95 bits per heavy atom. The lowest BCUT2D eigenvalue weighted by Crippen LogP contribution is -2.34. The molecule has 0 saturated heterocycles. The number of hydrogen-bond donors (Lipinski definition) is 2. The van der Waals surface area contributed by atoms with Crippen molar-refractivity contribution in [3.63, 3.8) is 0 Å². The van der Waals surface area contributed by atoms with E-state index in [1.54, 1.807) is 25.2 Å². The average Bonchev–Trinajstić information content (AvgIpc) is 3.06. The topological polar surface area (TPSA) is 103 Å². The van der Waals surface area contributed by atoms with Crippen LogP contribution < -0.4 is 20.1 Å². The number of thiocarbonyl (C=S) groups is 1. The Hall–Kier alpha value is -2.75. The highest BCUT2D eigenvalue weighted by molar-refractivity contribution is 7.80. The minimum atomic E-state index is -0.380. The summed E-state index contributed by atoms with van der Waals surface area (Å²) in [6.07, 6.45) is 0. The number of carbonyl (C=O) groups excluding carboxylic acids is 1. The molecule has 0 spiro atoms. The molecule has 0 aliphatic carbocycles.